The SMILES string of the molecule is C=CCC(N)C(=O)OCCCc1ccccc1. The van der Waals surface area contributed by atoms with E-state index in [4.69, 9.17) is 10.5 Å². The second-order valence-corrected chi connectivity index (χ2v) is 3.89. The Bertz CT molecular complexity index is 348. The van der Waals surface area contributed by atoms with E-state index < -0.39 is 6.04 Å². The molecule has 3 nitrogen and oxygen atoms in total. The van der Waals surface area contributed by atoms with Crippen molar-refractivity contribution in [1.82, 2.24) is 0 Å². The number of hydrogen-bond donors (Lipinski definition) is 1. The predicted octanol–water partition coefficient (Wildman–Crippen LogP) is 2.07. The number of nitrogens with two attached hydrogens (primary N) is 1. The summed E-state index contributed by atoms with van der Waals surface area (Å²) in [5, 5.41) is 0. The molecule has 3 heteroatoms. The summed E-state index contributed by atoms with van der Waals surface area (Å²) >= 11 is 0. The third kappa shape index (κ3) is 5.31. The van der Waals surface area contributed by atoms with Gasteiger partial charge in [0.2, 0.25) is 0 Å². The number of esters is 1. The van der Waals surface area contributed by atoms with E-state index in [2.05, 4.69) is 18.7 Å². The molecule has 0 saturated heterocycles. The Kier molecular flexibility index (Phi) is 6.04. The molecule has 0 radical (unpaired) electrons. The van der Waals surface area contributed by atoms with Crippen LogP contribution in [0.25, 0.3) is 0 Å². The van der Waals surface area contributed by atoms with E-state index in [1.807, 2.05) is 18.2 Å². The molecule has 0 aliphatic heterocycles. The van der Waals surface area contributed by atoms with E-state index in [9.17, 15) is 4.79 Å². The average molecular weight is 233 g/mol. The Morgan fingerprint density at radius 2 is 2.12 bits per heavy atom. The molecule has 1 rings (SSSR count). The maximum atomic E-state index is 11.3. The smallest absolute Gasteiger partial charge is 0.323 e. The fourth-order valence-electron chi connectivity index (χ4n) is 1.48. The summed E-state index contributed by atoms with van der Waals surface area (Å²) in [4.78, 5) is 11.3. The van der Waals surface area contributed by atoms with Gasteiger partial charge in [-0.2, -0.15) is 0 Å². The van der Waals surface area contributed by atoms with E-state index in [0.29, 0.717) is 13.0 Å². The minimum Gasteiger partial charge on any atom is -0.465 e. The highest BCUT2D eigenvalue weighted by atomic mass is 16.5. The molecule has 0 heterocycles. The lowest BCUT2D eigenvalue weighted by molar-refractivity contribution is -0.145. The van der Waals surface area contributed by atoms with Crippen LogP contribution < -0.4 is 5.73 Å². The van der Waals surface area contributed by atoms with Gasteiger partial charge in [0.25, 0.3) is 0 Å². The molecule has 0 aliphatic carbocycles. The Balaban J connectivity index is 2.16. The first-order chi connectivity index (χ1) is 8.24. The van der Waals surface area contributed by atoms with E-state index in [0.717, 1.165) is 12.8 Å². The molecule has 1 aromatic rings. The number of rotatable bonds is 7. The van der Waals surface area contributed by atoms with Crippen molar-refractivity contribution >= 4 is 5.97 Å². The molecule has 0 bridgehead atoms. The Morgan fingerprint density at radius 1 is 1.41 bits per heavy atom. The molecule has 92 valence electrons. The first kappa shape index (κ1) is 13.5. The summed E-state index contributed by atoms with van der Waals surface area (Å²) in [5.74, 6) is -0.349. The molecule has 0 amide bonds. The van der Waals surface area contributed by atoms with Crippen molar-refractivity contribution in [1.29, 1.82) is 0 Å². The molecule has 1 aromatic carbocycles. The van der Waals surface area contributed by atoms with Crippen molar-refractivity contribution in [2.24, 2.45) is 5.73 Å². The van der Waals surface area contributed by atoms with Crippen LogP contribution >= 0.6 is 0 Å². The molecule has 17 heavy (non-hydrogen) atoms. The number of carbonyl (C=O) groups is 1. The summed E-state index contributed by atoms with van der Waals surface area (Å²) in [6.45, 7) is 3.95. The second-order valence-electron chi connectivity index (χ2n) is 3.89. The van der Waals surface area contributed by atoms with Crippen LogP contribution in [-0.4, -0.2) is 18.6 Å². The van der Waals surface area contributed by atoms with Crippen LogP contribution in [0, 0.1) is 0 Å². The van der Waals surface area contributed by atoms with Crippen LogP contribution in [0.2, 0.25) is 0 Å². The number of hydrogen-bond acceptors (Lipinski definition) is 3. The van der Waals surface area contributed by atoms with Crippen LogP contribution in [0.5, 0.6) is 0 Å². The summed E-state index contributed by atoms with van der Waals surface area (Å²) in [6.07, 6.45) is 3.80. The first-order valence-corrected chi connectivity index (χ1v) is 5.81. The van der Waals surface area contributed by atoms with E-state index in [1.165, 1.54) is 5.56 Å². The molecule has 0 aromatic heterocycles. The summed E-state index contributed by atoms with van der Waals surface area (Å²) in [5.41, 5.74) is 6.82. The van der Waals surface area contributed by atoms with Gasteiger partial charge in [-0.05, 0) is 24.8 Å². The lowest BCUT2D eigenvalue weighted by atomic mass is 10.1. The minimum absolute atomic E-state index is 0.349. The van der Waals surface area contributed by atoms with Gasteiger partial charge in [-0.15, -0.1) is 6.58 Å². The number of aryl methyl sites for hydroxylation is 1. The monoisotopic (exact) mass is 233 g/mol. The van der Waals surface area contributed by atoms with Gasteiger partial charge in [0, 0.05) is 0 Å². The van der Waals surface area contributed by atoms with Crippen LogP contribution in [0.3, 0.4) is 0 Å². The maximum Gasteiger partial charge on any atom is 0.323 e. The highest BCUT2D eigenvalue weighted by Crippen LogP contribution is 2.03. The van der Waals surface area contributed by atoms with Gasteiger partial charge in [-0.1, -0.05) is 36.4 Å². The van der Waals surface area contributed by atoms with Gasteiger partial charge in [-0.25, -0.2) is 0 Å². The summed E-state index contributed by atoms with van der Waals surface area (Å²) in [7, 11) is 0. The van der Waals surface area contributed by atoms with Crippen molar-refractivity contribution in [3.63, 3.8) is 0 Å². The quantitative estimate of drug-likeness (QED) is 0.445. The summed E-state index contributed by atoms with van der Waals surface area (Å²) < 4.78 is 5.07. The van der Waals surface area contributed by atoms with Gasteiger partial charge in [0.05, 0.1) is 6.61 Å². The normalized spacial score (nSPS) is 11.8. The van der Waals surface area contributed by atoms with E-state index in [-0.39, 0.29) is 5.97 Å². The topological polar surface area (TPSA) is 52.3 Å². The minimum atomic E-state index is -0.579. The lowest BCUT2D eigenvalue weighted by Crippen LogP contribution is -2.31. The standard InChI is InChI=1S/C14H19NO2/c1-2-7-13(15)14(16)17-11-6-10-12-8-4-3-5-9-12/h2-5,8-9,13H,1,6-7,10-11,15H2. The fraction of sp³-hybridized carbons (Fsp3) is 0.357. The van der Waals surface area contributed by atoms with Crippen LogP contribution in [0.15, 0.2) is 43.0 Å². The van der Waals surface area contributed by atoms with Crippen molar-refractivity contribution in [3.8, 4) is 0 Å². The Labute approximate surface area is 102 Å². The predicted molar refractivity (Wildman–Crippen MR) is 68.5 cm³/mol. The molecule has 0 aliphatic rings. The molecular weight excluding hydrogens is 214 g/mol. The third-order valence-corrected chi connectivity index (χ3v) is 2.42. The second kappa shape index (κ2) is 7.63. The zero-order chi connectivity index (χ0) is 12.5. The number of carbonyl (C=O) groups excluding carboxylic acids is 1. The van der Waals surface area contributed by atoms with Crippen molar-refractivity contribution < 1.29 is 9.53 Å². The molecule has 0 fully saturated rings. The summed E-state index contributed by atoms with van der Waals surface area (Å²) in [6, 6.07) is 9.53. The Morgan fingerprint density at radius 3 is 2.76 bits per heavy atom. The van der Waals surface area contributed by atoms with Gasteiger partial charge < -0.3 is 10.5 Å². The van der Waals surface area contributed by atoms with E-state index in [1.54, 1.807) is 6.08 Å². The molecule has 0 saturated carbocycles. The van der Waals surface area contributed by atoms with Crippen LogP contribution in [-0.2, 0) is 16.0 Å². The van der Waals surface area contributed by atoms with Crippen LogP contribution in [0.4, 0.5) is 0 Å². The van der Waals surface area contributed by atoms with Crippen molar-refractivity contribution in [2.45, 2.75) is 25.3 Å². The highest BCUT2D eigenvalue weighted by Gasteiger charge is 2.12. The molecular formula is C14H19NO2. The van der Waals surface area contributed by atoms with Gasteiger partial charge >= 0.3 is 5.97 Å². The van der Waals surface area contributed by atoms with Gasteiger partial charge in [0.15, 0.2) is 0 Å². The maximum absolute atomic E-state index is 11.3. The van der Waals surface area contributed by atoms with Crippen LogP contribution in [0.1, 0.15) is 18.4 Å². The van der Waals surface area contributed by atoms with E-state index >= 15 is 0 Å². The fourth-order valence-corrected chi connectivity index (χ4v) is 1.48. The first-order valence-electron chi connectivity index (χ1n) is 5.81. The zero-order valence-electron chi connectivity index (χ0n) is 9.97. The molecule has 0 spiro atoms. The Hall–Kier alpha value is -1.61. The largest absolute Gasteiger partial charge is 0.465 e. The van der Waals surface area contributed by atoms with Gasteiger partial charge in [0.1, 0.15) is 6.04 Å². The molecule has 2 N–H and O–H groups in total. The number of ether oxygens (including phenoxy) is 1. The molecule has 1 atom stereocenters. The highest BCUT2D eigenvalue weighted by molar-refractivity contribution is 5.75. The lowest BCUT2D eigenvalue weighted by Gasteiger charge is -2.09. The zero-order valence-corrected chi connectivity index (χ0v) is 9.97. The third-order valence-electron chi connectivity index (χ3n) is 2.42. The van der Waals surface area contributed by atoms with Gasteiger partial charge in [-0.3, -0.25) is 4.79 Å². The number of benzene rings is 1. The molecule has 1 unspecified atom stereocenters. The average Bonchev–Trinajstić information content (AvgIpc) is 2.36. The van der Waals surface area contributed by atoms with Crippen molar-refractivity contribution in [2.75, 3.05) is 6.61 Å². The van der Waals surface area contributed by atoms with Crippen molar-refractivity contribution in [3.05, 3.63) is 48.6 Å².